The van der Waals surface area contributed by atoms with E-state index in [1.165, 1.54) is 4.57 Å². The van der Waals surface area contributed by atoms with Crippen molar-refractivity contribution >= 4 is 16.8 Å². The number of ether oxygens (including phenoxy) is 1. The summed E-state index contributed by atoms with van der Waals surface area (Å²) in [6.45, 7) is 2.06. The van der Waals surface area contributed by atoms with Crippen molar-refractivity contribution in [2.75, 3.05) is 7.11 Å². The Labute approximate surface area is 145 Å². The minimum absolute atomic E-state index is 0.0569. The number of carbonyl (C=O) groups excluding carboxylic acids is 1. The molecular formula is C19H19N3O3. The quantitative estimate of drug-likeness (QED) is 0.773. The molecule has 2 aromatic carbocycles. The molecule has 0 radical (unpaired) electrons. The number of benzene rings is 2. The molecule has 0 aliphatic rings. The van der Waals surface area contributed by atoms with Crippen LogP contribution in [-0.4, -0.2) is 22.6 Å². The highest BCUT2D eigenvalue weighted by Crippen LogP contribution is 2.11. The van der Waals surface area contributed by atoms with E-state index >= 15 is 0 Å². The molecule has 0 fully saturated rings. The Hall–Kier alpha value is -3.15. The summed E-state index contributed by atoms with van der Waals surface area (Å²) in [6, 6.07) is 14.6. The molecule has 1 aromatic heterocycles. The Morgan fingerprint density at radius 1 is 1.16 bits per heavy atom. The molecule has 0 spiro atoms. The first-order chi connectivity index (χ1) is 12.1. The SMILES string of the molecule is COc1ccc(CNC(=O)Cn2c(C)nc3ccccc3c2=O)cc1. The molecule has 0 aliphatic heterocycles. The van der Waals surface area contributed by atoms with E-state index in [4.69, 9.17) is 4.74 Å². The fourth-order valence-electron chi connectivity index (χ4n) is 2.61. The summed E-state index contributed by atoms with van der Waals surface area (Å²) in [7, 11) is 1.61. The first kappa shape index (κ1) is 16.7. The lowest BCUT2D eigenvalue weighted by atomic mass is 10.2. The molecule has 0 saturated carbocycles. The van der Waals surface area contributed by atoms with E-state index < -0.39 is 0 Å². The number of nitrogens with zero attached hydrogens (tertiary/aromatic N) is 2. The summed E-state index contributed by atoms with van der Waals surface area (Å²) >= 11 is 0. The van der Waals surface area contributed by atoms with E-state index in [1.807, 2.05) is 30.3 Å². The maximum absolute atomic E-state index is 12.6. The van der Waals surface area contributed by atoms with Crippen molar-refractivity contribution in [1.29, 1.82) is 0 Å². The van der Waals surface area contributed by atoms with Gasteiger partial charge in [0.15, 0.2) is 0 Å². The van der Waals surface area contributed by atoms with Crippen LogP contribution in [0.2, 0.25) is 0 Å². The molecule has 128 valence electrons. The first-order valence-electron chi connectivity index (χ1n) is 7.94. The third-order valence-corrected chi connectivity index (χ3v) is 4.00. The molecular weight excluding hydrogens is 318 g/mol. The van der Waals surface area contributed by atoms with E-state index in [9.17, 15) is 9.59 Å². The van der Waals surface area contributed by atoms with Gasteiger partial charge in [0, 0.05) is 6.54 Å². The summed E-state index contributed by atoms with van der Waals surface area (Å²) < 4.78 is 6.50. The molecule has 0 bridgehead atoms. The third kappa shape index (κ3) is 3.68. The Kier molecular flexibility index (Phi) is 4.79. The molecule has 0 aliphatic carbocycles. The second-order valence-corrected chi connectivity index (χ2v) is 5.69. The van der Waals surface area contributed by atoms with Gasteiger partial charge in [-0.05, 0) is 36.8 Å². The average Bonchev–Trinajstić information content (AvgIpc) is 2.64. The lowest BCUT2D eigenvalue weighted by Crippen LogP contribution is -2.33. The highest BCUT2D eigenvalue weighted by Gasteiger charge is 2.11. The van der Waals surface area contributed by atoms with Gasteiger partial charge >= 0.3 is 0 Å². The average molecular weight is 337 g/mol. The first-order valence-corrected chi connectivity index (χ1v) is 7.94. The summed E-state index contributed by atoms with van der Waals surface area (Å²) in [5.41, 5.74) is 1.39. The maximum atomic E-state index is 12.6. The van der Waals surface area contributed by atoms with Crippen molar-refractivity contribution < 1.29 is 9.53 Å². The van der Waals surface area contributed by atoms with Crippen LogP contribution in [0.4, 0.5) is 0 Å². The lowest BCUT2D eigenvalue weighted by Gasteiger charge is -2.11. The minimum atomic E-state index is -0.238. The number of hydrogen-bond acceptors (Lipinski definition) is 4. The Balaban J connectivity index is 1.72. The number of aromatic nitrogens is 2. The number of amides is 1. The topological polar surface area (TPSA) is 73.2 Å². The molecule has 0 unspecified atom stereocenters. The minimum Gasteiger partial charge on any atom is -0.497 e. The number of para-hydroxylation sites is 1. The number of rotatable bonds is 5. The van der Waals surface area contributed by atoms with Crippen LogP contribution in [0.15, 0.2) is 53.3 Å². The molecule has 3 rings (SSSR count). The van der Waals surface area contributed by atoms with Gasteiger partial charge in [0.05, 0.1) is 18.0 Å². The number of hydrogen-bond donors (Lipinski definition) is 1. The normalized spacial score (nSPS) is 10.6. The van der Waals surface area contributed by atoms with Gasteiger partial charge in [0.2, 0.25) is 5.91 Å². The van der Waals surface area contributed by atoms with Gasteiger partial charge in [0.1, 0.15) is 18.1 Å². The second kappa shape index (κ2) is 7.17. The van der Waals surface area contributed by atoms with Crippen LogP contribution in [0.5, 0.6) is 5.75 Å². The molecule has 0 saturated heterocycles. The van der Waals surface area contributed by atoms with Gasteiger partial charge in [-0.2, -0.15) is 0 Å². The summed E-state index contributed by atoms with van der Waals surface area (Å²) in [5.74, 6) is 1.04. The van der Waals surface area contributed by atoms with Gasteiger partial charge in [-0.1, -0.05) is 24.3 Å². The van der Waals surface area contributed by atoms with Crippen LogP contribution in [-0.2, 0) is 17.9 Å². The summed E-state index contributed by atoms with van der Waals surface area (Å²) in [4.78, 5) is 29.2. The van der Waals surface area contributed by atoms with Crippen LogP contribution in [0.25, 0.3) is 10.9 Å². The standard InChI is InChI=1S/C19H19N3O3/c1-13-21-17-6-4-3-5-16(17)19(24)22(13)12-18(23)20-11-14-7-9-15(25-2)10-8-14/h3-10H,11-12H2,1-2H3,(H,20,23). The van der Waals surface area contributed by atoms with Crippen molar-refractivity contribution in [3.63, 3.8) is 0 Å². The number of fused-ring (bicyclic) bond motifs is 1. The largest absolute Gasteiger partial charge is 0.497 e. The molecule has 3 aromatic rings. The number of carbonyl (C=O) groups is 1. The number of aryl methyl sites for hydroxylation is 1. The smallest absolute Gasteiger partial charge is 0.261 e. The van der Waals surface area contributed by atoms with Gasteiger partial charge in [-0.15, -0.1) is 0 Å². The molecule has 25 heavy (non-hydrogen) atoms. The fourth-order valence-corrected chi connectivity index (χ4v) is 2.61. The van der Waals surface area contributed by atoms with Gasteiger partial charge < -0.3 is 10.1 Å². The van der Waals surface area contributed by atoms with Crippen molar-refractivity contribution in [2.24, 2.45) is 0 Å². The third-order valence-electron chi connectivity index (χ3n) is 4.00. The zero-order chi connectivity index (χ0) is 17.8. The van der Waals surface area contributed by atoms with Crippen molar-refractivity contribution in [3.05, 3.63) is 70.3 Å². The maximum Gasteiger partial charge on any atom is 0.261 e. The number of nitrogens with one attached hydrogen (secondary N) is 1. The molecule has 0 atom stereocenters. The van der Waals surface area contributed by atoms with E-state index in [2.05, 4.69) is 10.3 Å². The number of methoxy groups -OCH3 is 1. The van der Waals surface area contributed by atoms with E-state index in [1.54, 1.807) is 32.2 Å². The zero-order valence-electron chi connectivity index (χ0n) is 14.2. The van der Waals surface area contributed by atoms with E-state index in [0.717, 1.165) is 11.3 Å². The van der Waals surface area contributed by atoms with Crippen molar-refractivity contribution in [3.8, 4) is 5.75 Å². The monoisotopic (exact) mass is 337 g/mol. The molecule has 1 amide bonds. The predicted molar refractivity (Wildman–Crippen MR) is 95.6 cm³/mol. The van der Waals surface area contributed by atoms with Gasteiger partial charge in [0.25, 0.3) is 5.56 Å². The van der Waals surface area contributed by atoms with Crippen LogP contribution in [0, 0.1) is 6.92 Å². The van der Waals surface area contributed by atoms with E-state index in [0.29, 0.717) is 23.3 Å². The Bertz CT molecular complexity index is 962. The molecule has 1 N–H and O–H groups in total. The molecule has 1 heterocycles. The van der Waals surface area contributed by atoms with E-state index in [-0.39, 0.29) is 18.0 Å². The lowest BCUT2D eigenvalue weighted by molar-refractivity contribution is -0.121. The highest BCUT2D eigenvalue weighted by atomic mass is 16.5. The van der Waals surface area contributed by atoms with Gasteiger partial charge in [-0.25, -0.2) is 4.98 Å². The van der Waals surface area contributed by atoms with Crippen LogP contribution in [0.3, 0.4) is 0 Å². The van der Waals surface area contributed by atoms with Crippen LogP contribution < -0.4 is 15.6 Å². The van der Waals surface area contributed by atoms with Crippen molar-refractivity contribution in [1.82, 2.24) is 14.9 Å². The second-order valence-electron chi connectivity index (χ2n) is 5.69. The Morgan fingerprint density at radius 2 is 1.88 bits per heavy atom. The highest BCUT2D eigenvalue weighted by molar-refractivity contribution is 5.79. The summed E-state index contributed by atoms with van der Waals surface area (Å²) in [5, 5.41) is 3.33. The Morgan fingerprint density at radius 3 is 2.60 bits per heavy atom. The molecule has 6 heteroatoms. The zero-order valence-corrected chi connectivity index (χ0v) is 14.2. The van der Waals surface area contributed by atoms with Crippen LogP contribution in [0.1, 0.15) is 11.4 Å². The van der Waals surface area contributed by atoms with Crippen molar-refractivity contribution in [2.45, 2.75) is 20.0 Å². The molecule has 6 nitrogen and oxygen atoms in total. The predicted octanol–water partition coefficient (Wildman–Crippen LogP) is 2.03. The summed E-state index contributed by atoms with van der Waals surface area (Å²) in [6.07, 6.45) is 0. The fraction of sp³-hybridized carbons (Fsp3) is 0.211. The van der Waals surface area contributed by atoms with Gasteiger partial charge in [-0.3, -0.25) is 14.2 Å². The van der Waals surface area contributed by atoms with Crippen LogP contribution >= 0.6 is 0 Å².